The van der Waals surface area contributed by atoms with Crippen LogP contribution in [0.5, 0.6) is 0 Å². The van der Waals surface area contributed by atoms with E-state index in [0.717, 1.165) is 78.7 Å². The van der Waals surface area contributed by atoms with Crippen molar-refractivity contribution >= 4 is 43.5 Å². The van der Waals surface area contributed by atoms with E-state index < -0.39 is 0 Å². The molecular formula is C56H38N2O. The van der Waals surface area contributed by atoms with Gasteiger partial charge in [-0.2, -0.15) is 0 Å². The summed E-state index contributed by atoms with van der Waals surface area (Å²) in [6.45, 7) is 2.20. The van der Waals surface area contributed by atoms with Gasteiger partial charge in [0, 0.05) is 38.6 Å². The Balaban J connectivity index is 1.08. The molecule has 11 rings (SSSR count). The normalized spacial score (nSPS) is 11.5. The highest BCUT2D eigenvalue weighted by molar-refractivity contribution is 6.15. The second kappa shape index (κ2) is 14.4. The number of rotatable bonds is 7. The predicted molar refractivity (Wildman–Crippen MR) is 246 cm³/mol. The van der Waals surface area contributed by atoms with Crippen LogP contribution in [-0.4, -0.2) is 9.97 Å². The van der Waals surface area contributed by atoms with Gasteiger partial charge >= 0.3 is 0 Å². The maximum absolute atomic E-state index is 6.81. The Morgan fingerprint density at radius 1 is 0.390 bits per heavy atom. The number of fused-ring (bicyclic) bond motifs is 5. The summed E-state index contributed by atoms with van der Waals surface area (Å²) < 4.78 is 6.81. The molecule has 0 radical (unpaired) electrons. The van der Waals surface area contributed by atoms with Crippen molar-refractivity contribution in [1.29, 1.82) is 0 Å². The standard InChI is InChI=1S/C56H38N2O/c1-2-47-53(46-33-27-38-15-7-9-17-44(38)35-46)57-56(42-30-24-40(25-31-42)45-32-26-37-14-6-8-16-43(37)34-45)58-54(47)49-19-11-21-51-52(49)50-20-10-18-48(55(50)59-51)41-28-22-39(23-29-41)36-12-4-3-5-13-36/h3-35H,2H2,1H3. The number of furan rings is 1. The number of aromatic nitrogens is 2. The molecule has 3 nitrogen and oxygen atoms in total. The van der Waals surface area contributed by atoms with Gasteiger partial charge in [0.15, 0.2) is 5.82 Å². The summed E-state index contributed by atoms with van der Waals surface area (Å²) in [6.07, 6.45) is 0.754. The third-order valence-corrected chi connectivity index (χ3v) is 11.7. The summed E-state index contributed by atoms with van der Waals surface area (Å²) in [6, 6.07) is 71.1. The van der Waals surface area contributed by atoms with Crippen LogP contribution in [0.1, 0.15) is 12.5 Å². The van der Waals surface area contributed by atoms with Crippen LogP contribution in [0.3, 0.4) is 0 Å². The van der Waals surface area contributed by atoms with Gasteiger partial charge < -0.3 is 4.42 Å². The van der Waals surface area contributed by atoms with Crippen LogP contribution in [0.15, 0.2) is 205 Å². The summed E-state index contributed by atoms with van der Waals surface area (Å²) in [4.78, 5) is 10.9. The lowest BCUT2D eigenvalue weighted by molar-refractivity contribution is 0.670. The molecule has 2 aromatic heterocycles. The maximum Gasteiger partial charge on any atom is 0.160 e. The Kier molecular flexibility index (Phi) is 8.45. The molecule has 0 aliphatic rings. The second-order valence-electron chi connectivity index (χ2n) is 15.2. The van der Waals surface area contributed by atoms with Gasteiger partial charge in [-0.1, -0.05) is 189 Å². The van der Waals surface area contributed by atoms with Crippen molar-refractivity contribution in [2.45, 2.75) is 13.3 Å². The molecule has 0 unspecified atom stereocenters. The fourth-order valence-corrected chi connectivity index (χ4v) is 8.67. The van der Waals surface area contributed by atoms with E-state index in [1.165, 1.54) is 38.2 Å². The molecule has 0 bridgehead atoms. The average molecular weight is 755 g/mol. The van der Waals surface area contributed by atoms with Crippen LogP contribution >= 0.6 is 0 Å². The van der Waals surface area contributed by atoms with Crippen molar-refractivity contribution in [3.8, 4) is 67.3 Å². The highest BCUT2D eigenvalue weighted by atomic mass is 16.3. The van der Waals surface area contributed by atoms with Gasteiger partial charge in [-0.25, -0.2) is 9.97 Å². The van der Waals surface area contributed by atoms with Crippen LogP contribution in [0.2, 0.25) is 0 Å². The van der Waals surface area contributed by atoms with Crippen molar-refractivity contribution in [2.24, 2.45) is 0 Å². The highest BCUT2D eigenvalue weighted by Gasteiger charge is 2.22. The van der Waals surface area contributed by atoms with Crippen LogP contribution in [-0.2, 0) is 6.42 Å². The molecule has 9 aromatic carbocycles. The first-order chi connectivity index (χ1) is 29.2. The molecule has 278 valence electrons. The molecule has 0 fully saturated rings. The maximum atomic E-state index is 6.81. The largest absolute Gasteiger partial charge is 0.455 e. The van der Waals surface area contributed by atoms with Crippen molar-refractivity contribution in [1.82, 2.24) is 9.97 Å². The summed E-state index contributed by atoms with van der Waals surface area (Å²) in [7, 11) is 0. The van der Waals surface area contributed by atoms with Crippen molar-refractivity contribution in [2.75, 3.05) is 0 Å². The first-order valence-corrected chi connectivity index (χ1v) is 20.3. The number of hydrogen-bond acceptors (Lipinski definition) is 3. The van der Waals surface area contributed by atoms with Gasteiger partial charge in [0.2, 0.25) is 0 Å². The minimum Gasteiger partial charge on any atom is -0.455 e. The molecule has 11 aromatic rings. The van der Waals surface area contributed by atoms with Gasteiger partial charge in [0.25, 0.3) is 0 Å². The van der Waals surface area contributed by atoms with E-state index in [-0.39, 0.29) is 0 Å². The van der Waals surface area contributed by atoms with E-state index in [9.17, 15) is 0 Å². The molecule has 0 aliphatic heterocycles. The smallest absolute Gasteiger partial charge is 0.160 e. The highest BCUT2D eigenvalue weighted by Crippen LogP contribution is 2.43. The summed E-state index contributed by atoms with van der Waals surface area (Å²) in [5.74, 6) is 0.689. The van der Waals surface area contributed by atoms with E-state index in [1.54, 1.807) is 0 Å². The monoisotopic (exact) mass is 754 g/mol. The summed E-state index contributed by atoms with van der Waals surface area (Å²) >= 11 is 0. The average Bonchev–Trinajstić information content (AvgIpc) is 3.71. The van der Waals surface area contributed by atoms with Crippen LogP contribution in [0.25, 0.3) is 111 Å². The van der Waals surface area contributed by atoms with Gasteiger partial charge in [-0.3, -0.25) is 0 Å². The first-order valence-electron chi connectivity index (χ1n) is 20.3. The Labute approximate surface area is 342 Å². The van der Waals surface area contributed by atoms with Gasteiger partial charge in [0.1, 0.15) is 11.2 Å². The minimum atomic E-state index is 0.689. The predicted octanol–water partition coefficient (Wildman–Crippen LogP) is 15.2. The van der Waals surface area contributed by atoms with Crippen molar-refractivity contribution in [3.63, 3.8) is 0 Å². The van der Waals surface area contributed by atoms with E-state index in [4.69, 9.17) is 14.4 Å². The number of para-hydroxylation sites is 1. The van der Waals surface area contributed by atoms with E-state index in [0.29, 0.717) is 5.82 Å². The second-order valence-corrected chi connectivity index (χ2v) is 15.2. The molecule has 0 saturated heterocycles. The molecule has 0 N–H and O–H groups in total. The molecule has 0 aliphatic carbocycles. The lowest BCUT2D eigenvalue weighted by Gasteiger charge is -2.16. The topological polar surface area (TPSA) is 38.9 Å². The third-order valence-electron chi connectivity index (χ3n) is 11.7. The zero-order valence-corrected chi connectivity index (χ0v) is 32.6. The Bertz CT molecular complexity index is 3340. The molecule has 0 saturated carbocycles. The van der Waals surface area contributed by atoms with Crippen LogP contribution < -0.4 is 0 Å². The zero-order chi connectivity index (χ0) is 39.3. The minimum absolute atomic E-state index is 0.689. The number of benzene rings is 9. The third kappa shape index (κ3) is 6.16. The fraction of sp³-hybridized carbons (Fsp3) is 0.0357. The molecule has 3 heteroatoms. The quantitative estimate of drug-likeness (QED) is 0.163. The van der Waals surface area contributed by atoms with Gasteiger partial charge in [-0.05, 0) is 74.0 Å². The molecule has 2 heterocycles. The van der Waals surface area contributed by atoms with Gasteiger partial charge in [0.05, 0.1) is 11.4 Å². The Morgan fingerprint density at radius 2 is 0.915 bits per heavy atom. The Morgan fingerprint density at radius 3 is 1.63 bits per heavy atom. The van der Waals surface area contributed by atoms with Crippen LogP contribution in [0.4, 0.5) is 0 Å². The number of hydrogen-bond donors (Lipinski definition) is 0. The molecule has 0 spiro atoms. The molecular weight excluding hydrogens is 717 g/mol. The van der Waals surface area contributed by atoms with E-state index in [2.05, 4.69) is 207 Å². The number of nitrogens with zero attached hydrogens (tertiary/aromatic N) is 2. The van der Waals surface area contributed by atoms with Gasteiger partial charge in [-0.15, -0.1) is 0 Å². The summed E-state index contributed by atoms with van der Waals surface area (Å²) in [5.41, 5.74) is 14.6. The SMILES string of the molecule is CCc1c(-c2ccc3ccccc3c2)nc(-c2ccc(-c3ccc4ccccc4c3)cc2)nc1-c1cccc2oc3c(-c4ccc(-c5ccccc5)cc4)cccc3c12. The zero-order valence-electron chi connectivity index (χ0n) is 32.6. The fourth-order valence-electron chi connectivity index (χ4n) is 8.67. The summed E-state index contributed by atoms with van der Waals surface area (Å²) in [5, 5.41) is 6.97. The molecule has 0 amide bonds. The lowest BCUT2D eigenvalue weighted by atomic mass is 9.93. The van der Waals surface area contributed by atoms with E-state index >= 15 is 0 Å². The van der Waals surface area contributed by atoms with Crippen molar-refractivity contribution in [3.05, 3.63) is 206 Å². The first kappa shape index (κ1) is 34.6. The molecule has 59 heavy (non-hydrogen) atoms. The van der Waals surface area contributed by atoms with Crippen LogP contribution in [0, 0.1) is 0 Å². The Hall–Kier alpha value is -7.62. The van der Waals surface area contributed by atoms with Crippen molar-refractivity contribution < 1.29 is 4.42 Å². The van der Waals surface area contributed by atoms with E-state index in [1.807, 2.05) is 0 Å². The lowest BCUT2D eigenvalue weighted by Crippen LogP contribution is -2.03. The molecule has 0 atom stereocenters.